The van der Waals surface area contributed by atoms with E-state index in [0.717, 1.165) is 31.9 Å². The Labute approximate surface area is 145 Å². The van der Waals surface area contributed by atoms with Crippen LogP contribution in [0.5, 0.6) is 0 Å². The first kappa shape index (κ1) is 18.4. The first-order chi connectivity index (χ1) is 10.4. The molecule has 0 aromatic heterocycles. The van der Waals surface area contributed by atoms with E-state index in [0.29, 0.717) is 6.54 Å². The average molecular weight is 382 g/mol. The number of non-ortho nitro benzene ring substituents is 1. The van der Waals surface area contributed by atoms with E-state index >= 15 is 0 Å². The van der Waals surface area contributed by atoms with Gasteiger partial charge < -0.3 is 5.32 Å². The second-order valence-electron chi connectivity index (χ2n) is 5.58. The Morgan fingerprint density at radius 3 is 2.61 bits per heavy atom. The highest BCUT2D eigenvalue weighted by Crippen LogP contribution is 2.36. The molecule has 0 amide bonds. The van der Waals surface area contributed by atoms with Gasteiger partial charge in [-0.25, -0.2) is 8.42 Å². The molecule has 23 heavy (non-hydrogen) atoms. The predicted octanol–water partition coefficient (Wildman–Crippen LogP) is 2.19. The monoisotopic (exact) mass is 381 g/mol. The van der Waals surface area contributed by atoms with Gasteiger partial charge in [-0.05, 0) is 31.9 Å². The minimum atomic E-state index is -3.76. The summed E-state index contributed by atoms with van der Waals surface area (Å²) in [6.07, 6.45) is 2.43. The van der Waals surface area contributed by atoms with Crippen LogP contribution >= 0.6 is 24.0 Å². The van der Waals surface area contributed by atoms with Gasteiger partial charge in [0.1, 0.15) is 4.90 Å². The summed E-state index contributed by atoms with van der Waals surface area (Å²) in [5.74, 6) is 0. The summed E-state index contributed by atoms with van der Waals surface area (Å²) in [7, 11) is -3.76. The van der Waals surface area contributed by atoms with Gasteiger partial charge in [0.2, 0.25) is 10.0 Å². The van der Waals surface area contributed by atoms with Crippen LogP contribution in [-0.2, 0) is 10.0 Å². The maximum Gasteiger partial charge on any atom is 0.271 e. The molecule has 2 unspecified atom stereocenters. The number of nitro groups is 1. The molecule has 2 fully saturated rings. The highest BCUT2D eigenvalue weighted by atomic mass is 35.5. The van der Waals surface area contributed by atoms with Crippen molar-refractivity contribution in [3.05, 3.63) is 33.3 Å². The van der Waals surface area contributed by atoms with Gasteiger partial charge in [-0.2, -0.15) is 4.31 Å². The molecule has 2 aliphatic rings. The van der Waals surface area contributed by atoms with Crippen LogP contribution < -0.4 is 5.32 Å². The SMILES string of the molecule is Cl.O=[N+]([O-])c1ccc(S(=O)(=O)N2C3CCNCC2CC3)c(Cl)c1. The molecule has 1 N–H and O–H groups in total. The van der Waals surface area contributed by atoms with Crippen LogP contribution in [0.4, 0.5) is 5.69 Å². The van der Waals surface area contributed by atoms with Crippen molar-refractivity contribution in [1.82, 2.24) is 9.62 Å². The summed E-state index contributed by atoms with van der Waals surface area (Å²) >= 11 is 6.01. The Bertz CT molecular complexity index is 699. The normalized spacial score (nSPS) is 24.7. The lowest BCUT2D eigenvalue weighted by Crippen LogP contribution is -2.42. The molecule has 2 heterocycles. The van der Waals surface area contributed by atoms with Crippen molar-refractivity contribution in [2.24, 2.45) is 0 Å². The van der Waals surface area contributed by atoms with Crippen molar-refractivity contribution in [3.8, 4) is 0 Å². The summed E-state index contributed by atoms with van der Waals surface area (Å²) in [4.78, 5) is 10.1. The molecule has 2 saturated heterocycles. The first-order valence-electron chi connectivity index (χ1n) is 7.09. The largest absolute Gasteiger partial charge is 0.315 e. The second kappa shape index (κ2) is 6.90. The van der Waals surface area contributed by atoms with Gasteiger partial charge in [-0.15, -0.1) is 12.4 Å². The zero-order chi connectivity index (χ0) is 15.9. The third-order valence-corrected chi connectivity index (χ3v) is 6.76. The van der Waals surface area contributed by atoms with Gasteiger partial charge in [-0.1, -0.05) is 11.6 Å². The molecule has 10 heteroatoms. The first-order valence-corrected chi connectivity index (χ1v) is 8.91. The number of fused-ring (bicyclic) bond motifs is 2. The molecular formula is C13H17Cl2N3O4S. The van der Waals surface area contributed by atoms with Crippen LogP contribution in [-0.4, -0.2) is 42.8 Å². The van der Waals surface area contributed by atoms with Crippen LogP contribution in [0.2, 0.25) is 5.02 Å². The van der Waals surface area contributed by atoms with Gasteiger partial charge in [-0.3, -0.25) is 10.1 Å². The molecule has 7 nitrogen and oxygen atoms in total. The molecule has 3 rings (SSSR count). The van der Waals surface area contributed by atoms with Crippen LogP contribution in [0.25, 0.3) is 0 Å². The van der Waals surface area contributed by atoms with E-state index in [4.69, 9.17) is 11.6 Å². The lowest BCUT2D eigenvalue weighted by molar-refractivity contribution is -0.384. The van der Waals surface area contributed by atoms with Crippen molar-refractivity contribution >= 4 is 39.7 Å². The number of nitrogens with one attached hydrogen (secondary N) is 1. The van der Waals surface area contributed by atoms with E-state index < -0.39 is 14.9 Å². The van der Waals surface area contributed by atoms with Crippen LogP contribution in [0.3, 0.4) is 0 Å². The molecule has 128 valence electrons. The minimum Gasteiger partial charge on any atom is -0.315 e. The molecule has 1 aromatic rings. The Morgan fingerprint density at radius 2 is 1.96 bits per heavy atom. The number of nitro benzene ring substituents is 1. The fourth-order valence-electron chi connectivity index (χ4n) is 3.26. The van der Waals surface area contributed by atoms with Crippen LogP contribution in [0.15, 0.2) is 23.1 Å². The quantitative estimate of drug-likeness (QED) is 0.639. The molecule has 2 bridgehead atoms. The van der Waals surface area contributed by atoms with E-state index in [2.05, 4.69) is 5.32 Å². The Morgan fingerprint density at radius 1 is 1.26 bits per heavy atom. The minimum absolute atomic E-state index is 0. The summed E-state index contributed by atoms with van der Waals surface area (Å²) < 4.78 is 27.4. The topological polar surface area (TPSA) is 92.5 Å². The van der Waals surface area contributed by atoms with Crippen LogP contribution in [0.1, 0.15) is 19.3 Å². The van der Waals surface area contributed by atoms with Gasteiger partial charge in [0, 0.05) is 30.8 Å². The summed E-state index contributed by atoms with van der Waals surface area (Å²) in [6.45, 7) is 1.42. The van der Waals surface area contributed by atoms with Gasteiger partial charge in [0.15, 0.2) is 0 Å². The molecule has 2 atom stereocenters. The van der Waals surface area contributed by atoms with E-state index in [9.17, 15) is 18.5 Å². The Kier molecular flexibility index (Phi) is 5.52. The molecular weight excluding hydrogens is 365 g/mol. The third kappa shape index (κ3) is 3.32. The molecule has 0 saturated carbocycles. The average Bonchev–Trinajstić information content (AvgIpc) is 2.72. The lowest BCUT2D eigenvalue weighted by atomic mass is 10.1. The molecule has 2 aliphatic heterocycles. The molecule has 0 aliphatic carbocycles. The standard InChI is InChI=1S/C13H16ClN3O4S.ClH/c14-12-7-10(17(18)19)3-4-13(12)22(20,21)16-9-1-2-11(16)8-15-6-5-9;/h3-4,7,9,11,15H,1-2,5-6,8H2;1H. The predicted molar refractivity (Wildman–Crippen MR) is 88.7 cm³/mol. The number of hydrogen-bond acceptors (Lipinski definition) is 5. The number of sulfonamides is 1. The molecule has 0 spiro atoms. The zero-order valence-corrected chi connectivity index (χ0v) is 14.5. The second-order valence-corrected chi connectivity index (χ2v) is 7.80. The maximum absolute atomic E-state index is 12.9. The van der Waals surface area contributed by atoms with E-state index in [1.807, 2.05) is 0 Å². The van der Waals surface area contributed by atoms with Crippen molar-refractivity contribution in [2.45, 2.75) is 36.2 Å². The summed E-state index contributed by atoms with van der Waals surface area (Å²) in [5, 5.41) is 13.9. The Hall–Kier alpha value is -0.930. The highest BCUT2D eigenvalue weighted by molar-refractivity contribution is 7.89. The molecule has 1 aromatic carbocycles. The number of nitrogens with zero attached hydrogens (tertiary/aromatic N) is 2. The van der Waals surface area contributed by atoms with Gasteiger partial charge in [0.25, 0.3) is 5.69 Å². The van der Waals surface area contributed by atoms with Crippen molar-refractivity contribution in [1.29, 1.82) is 0 Å². The van der Waals surface area contributed by atoms with E-state index in [1.165, 1.54) is 12.1 Å². The molecule has 0 radical (unpaired) electrons. The summed E-state index contributed by atoms with van der Waals surface area (Å²) in [6, 6.07) is 3.39. The number of benzene rings is 1. The lowest BCUT2D eigenvalue weighted by Gasteiger charge is -2.27. The van der Waals surface area contributed by atoms with Crippen molar-refractivity contribution in [2.75, 3.05) is 13.1 Å². The smallest absolute Gasteiger partial charge is 0.271 e. The van der Waals surface area contributed by atoms with Gasteiger partial charge in [0.05, 0.1) is 9.95 Å². The number of rotatable bonds is 3. The van der Waals surface area contributed by atoms with Crippen molar-refractivity contribution < 1.29 is 13.3 Å². The highest BCUT2D eigenvalue weighted by Gasteiger charge is 2.43. The fraction of sp³-hybridized carbons (Fsp3) is 0.538. The number of hydrogen-bond donors (Lipinski definition) is 1. The summed E-state index contributed by atoms with van der Waals surface area (Å²) in [5.41, 5.74) is -0.218. The van der Waals surface area contributed by atoms with E-state index in [-0.39, 0.29) is 40.1 Å². The maximum atomic E-state index is 12.9. The Balaban J connectivity index is 0.00000192. The van der Waals surface area contributed by atoms with Gasteiger partial charge >= 0.3 is 0 Å². The van der Waals surface area contributed by atoms with E-state index in [1.54, 1.807) is 4.31 Å². The third-order valence-electron chi connectivity index (χ3n) is 4.27. The number of halogens is 2. The zero-order valence-electron chi connectivity index (χ0n) is 12.1. The van der Waals surface area contributed by atoms with Crippen molar-refractivity contribution in [3.63, 3.8) is 0 Å². The van der Waals surface area contributed by atoms with Crippen LogP contribution in [0, 0.1) is 10.1 Å². The fourth-order valence-corrected chi connectivity index (χ4v) is 5.67.